The van der Waals surface area contributed by atoms with Crippen molar-refractivity contribution in [3.05, 3.63) is 17.0 Å². The maximum Gasteiger partial charge on any atom is 0.0915 e. The summed E-state index contributed by atoms with van der Waals surface area (Å²) < 4.78 is 0. The van der Waals surface area contributed by atoms with Crippen LogP contribution < -0.4 is 4.90 Å². The van der Waals surface area contributed by atoms with E-state index in [1.165, 1.54) is 30.5 Å². The number of anilines is 1. The Labute approximate surface area is 87.7 Å². The van der Waals surface area contributed by atoms with Crippen LogP contribution in [0.2, 0.25) is 0 Å². The highest BCUT2D eigenvalue weighted by Gasteiger charge is 2.12. The molecule has 0 spiro atoms. The molecule has 14 heavy (non-hydrogen) atoms. The van der Waals surface area contributed by atoms with Crippen LogP contribution >= 0.6 is 11.3 Å². The Morgan fingerprint density at radius 2 is 2.07 bits per heavy atom. The van der Waals surface area contributed by atoms with E-state index in [9.17, 15) is 0 Å². The average molecular weight is 210 g/mol. The fourth-order valence-electron chi connectivity index (χ4n) is 1.75. The van der Waals surface area contributed by atoms with Gasteiger partial charge in [-0.15, -0.1) is 11.3 Å². The van der Waals surface area contributed by atoms with Crippen LogP contribution in [0.4, 0.5) is 5.00 Å². The molecule has 0 radical (unpaired) electrons. The highest BCUT2D eigenvalue weighted by Crippen LogP contribution is 2.27. The fourth-order valence-corrected chi connectivity index (χ4v) is 2.68. The molecular formula is C10H14N2OS. The van der Waals surface area contributed by atoms with Crippen LogP contribution in [-0.4, -0.2) is 24.5 Å². The van der Waals surface area contributed by atoms with Gasteiger partial charge in [0.2, 0.25) is 0 Å². The van der Waals surface area contributed by atoms with E-state index in [-0.39, 0.29) is 0 Å². The summed E-state index contributed by atoms with van der Waals surface area (Å²) in [6.45, 7) is 2.33. The summed E-state index contributed by atoms with van der Waals surface area (Å²) in [5, 5.41) is 12.7. The van der Waals surface area contributed by atoms with Gasteiger partial charge in [0.05, 0.1) is 16.1 Å². The number of piperidine rings is 1. The van der Waals surface area contributed by atoms with E-state index in [1.54, 1.807) is 11.3 Å². The summed E-state index contributed by atoms with van der Waals surface area (Å²) in [7, 11) is 0. The number of hydrogen-bond acceptors (Lipinski definition) is 4. The Hall–Kier alpha value is -1.03. The highest BCUT2D eigenvalue weighted by molar-refractivity contribution is 7.17. The van der Waals surface area contributed by atoms with Crippen molar-refractivity contribution >= 4 is 22.6 Å². The Morgan fingerprint density at radius 1 is 1.29 bits per heavy atom. The van der Waals surface area contributed by atoms with Crippen LogP contribution in [0, 0.1) is 0 Å². The zero-order valence-electron chi connectivity index (χ0n) is 8.02. The van der Waals surface area contributed by atoms with Crippen molar-refractivity contribution in [2.24, 2.45) is 5.16 Å². The van der Waals surface area contributed by atoms with Crippen molar-refractivity contribution in [3.8, 4) is 0 Å². The van der Waals surface area contributed by atoms with E-state index in [0.717, 1.165) is 18.0 Å². The van der Waals surface area contributed by atoms with Crippen molar-refractivity contribution in [2.75, 3.05) is 18.0 Å². The summed E-state index contributed by atoms with van der Waals surface area (Å²) in [4.78, 5) is 3.41. The van der Waals surface area contributed by atoms with Gasteiger partial charge in [-0.1, -0.05) is 5.16 Å². The first kappa shape index (κ1) is 9.52. The average Bonchev–Trinajstić information content (AvgIpc) is 2.68. The van der Waals surface area contributed by atoms with Gasteiger partial charge in [0, 0.05) is 13.1 Å². The van der Waals surface area contributed by atoms with Crippen LogP contribution in [0.1, 0.15) is 24.1 Å². The molecule has 4 heteroatoms. The molecule has 1 aromatic rings. The molecule has 1 N–H and O–H groups in total. The summed E-state index contributed by atoms with van der Waals surface area (Å²) >= 11 is 1.68. The summed E-state index contributed by atoms with van der Waals surface area (Å²) in [6.07, 6.45) is 5.42. The van der Waals surface area contributed by atoms with Crippen molar-refractivity contribution in [1.29, 1.82) is 0 Å². The van der Waals surface area contributed by atoms with Gasteiger partial charge in [-0.25, -0.2) is 0 Å². The van der Waals surface area contributed by atoms with E-state index in [0.29, 0.717) is 0 Å². The first-order valence-electron chi connectivity index (χ1n) is 4.92. The molecule has 1 aliphatic heterocycles. The minimum Gasteiger partial charge on any atom is -0.411 e. The third-order valence-electron chi connectivity index (χ3n) is 2.47. The number of rotatable bonds is 2. The van der Waals surface area contributed by atoms with E-state index in [4.69, 9.17) is 5.21 Å². The predicted octanol–water partition coefficient (Wildman–Crippen LogP) is 2.55. The fraction of sp³-hybridized carbons (Fsp3) is 0.500. The molecule has 1 saturated heterocycles. The largest absolute Gasteiger partial charge is 0.411 e. The molecule has 0 bridgehead atoms. The monoisotopic (exact) mass is 210 g/mol. The summed E-state index contributed by atoms with van der Waals surface area (Å²) in [6, 6.07) is 4.10. The highest BCUT2D eigenvalue weighted by atomic mass is 32.1. The number of thiophene rings is 1. The zero-order valence-corrected chi connectivity index (χ0v) is 8.83. The van der Waals surface area contributed by atoms with Crippen LogP contribution in [0.3, 0.4) is 0 Å². The van der Waals surface area contributed by atoms with Crippen molar-refractivity contribution in [3.63, 3.8) is 0 Å². The van der Waals surface area contributed by atoms with Gasteiger partial charge in [-0.3, -0.25) is 0 Å². The number of hydrogen-bond donors (Lipinski definition) is 1. The minimum absolute atomic E-state index is 1.01. The van der Waals surface area contributed by atoms with Gasteiger partial charge in [-0.05, 0) is 31.4 Å². The Bertz CT molecular complexity index is 316. The lowest BCUT2D eigenvalue weighted by molar-refractivity contribution is 0.322. The van der Waals surface area contributed by atoms with Gasteiger partial charge in [0.25, 0.3) is 0 Å². The minimum atomic E-state index is 1.01. The third-order valence-corrected chi connectivity index (χ3v) is 3.55. The second kappa shape index (κ2) is 4.46. The molecule has 1 aromatic heterocycles. The standard InChI is InChI=1S/C10H14N2OS/c13-11-8-9-4-5-10(14-9)12-6-2-1-3-7-12/h4-5,8,13H,1-3,6-7H2. The molecule has 0 aromatic carbocycles. The van der Waals surface area contributed by atoms with E-state index >= 15 is 0 Å². The predicted molar refractivity (Wildman–Crippen MR) is 59.8 cm³/mol. The lowest BCUT2D eigenvalue weighted by Gasteiger charge is -2.26. The summed E-state index contributed by atoms with van der Waals surface area (Å²) in [5.74, 6) is 0. The van der Waals surface area contributed by atoms with Crippen molar-refractivity contribution in [2.45, 2.75) is 19.3 Å². The molecule has 1 aliphatic rings. The molecule has 3 nitrogen and oxygen atoms in total. The Balaban J connectivity index is 2.07. The van der Waals surface area contributed by atoms with Crippen LogP contribution in [-0.2, 0) is 0 Å². The smallest absolute Gasteiger partial charge is 0.0915 e. The van der Waals surface area contributed by atoms with Crippen molar-refractivity contribution in [1.82, 2.24) is 0 Å². The molecule has 2 rings (SSSR count). The maximum absolute atomic E-state index is 8.40. The second-order valence-electron chi connectivity index (χ2n) is 3.47. The maximum atomic E-state index is 8.40. The number of nitrogens with zero attached hydrogens (tertiary/aromatic N) is 2. The Kier molecular flexibility index (Phi) is 3.03. The van der Waals surface area contributed by atoms with Crippen LogP contribution in [0.15, 0.2) is 17.3 Å². The first-order valence-corrected chi connectivity index (χ1v) is 5.74. The third kappa shape index (κ3) is 2.07. The normalized spacial score (nSPS) is 17.9. The van der Waals surface area contributed by atoms with Gasteiger partial charge < -0.3 is 10.1 Å². The Morgan fingerprint density at radius 3 is 2.79 bits per heavy atom. The first-order chi connectivity index (χ1) is 6.90. The molecule has 0 amide bonds. The van der Waals surface area contributed by atoms with Gasteiger partial charge >= 0.3 is 0 Å². The summed E-state index contributed by atoms with van der Waals surface area (Å²) in [5.41, 5.74) is 0. The van der Waals surface area contributed by atoms with Gasteiger partial charge in [0.15, 0.2) is 0 Å². The molecule has 76 valence electrons. The molecule has 2 heterocycles. The topological polar surface area (TPSA) is 35.8 Å². The molecule has 0 unspecified atom stereocenters. The molecule has 0 aliphatic carbocycles. The molecular weight excluding hydrogens is 196 g/mol. The molecule has 0 saturated carbocycles. The van der Waals surface area contributed by atoms with Gasteiger partial charge in [0.1, 0.15) is 0 Å². The lowest BCUT2D eigenvalue weighted by atomic mass is 10.1. The molecule has 0 atom stereocenters. The van der Waals surface area contributed by atoms with E-state index in [1.807, 2.05) is 6.07 Å². The quantitative estimate of drug-likeness (QED) is 0.462. The lowest BCUT2D eigenvalue weighted by Crippen LogP contribution is -2.28. The van der Waals surface area contributed by atoms with Crippen molar-refractivity contribution < 1.29 is 5.21 Å². The van der Waals surface area contributed by atoms with Crippen LogP contribution in [0.5, 0.6) is 0 Å². The van der Waals surface area contributed by atoms with E-state index in [2.05, 4.69) is 16.1 Å². The number of oxime groups is 1. The van der Waals surface area contributed by atoms with Gasteiger partial charge in [-0.2, -0.15) is 0 Å². The SMILES string of the molecule is ON=Cc1ccc(N2CCCCC2)s1. The molecule has 1 fully saturated rings. The second-order valence-corrected chi connectivity index (χ2v) is 4.56. The van der Waals surface area contributed by atoms with Crippen LogP contribution in [0.25, 0.3) is 0 Å². The zero-order chi connectivity index (χ0) is 9.80. The van der Waals surface area contributed by atoms with E-state index < -0.39 is 0 Å².